The van der Waals surface area contributed by atoms with Crippen LogP contribution in [0.15, 0.2) is 24.3 Å². The fourth-order valence-corrected chi connectivity index (χ4v) is 3.06. The summed E-state index contributed by atoms with van der Waals surface area (Å²) in [6.07, 6.45) is -10.9. The molecule has 0 aliphatic carbocycles. The van der Waals surface area contributed by atoms with Crippen LogP contribution in [0.3, 0.4) is 0 Å². The van der Waals surface area contributed by atoms with Crippen molar-refractivity contribution in [3.63, 3.8) is 0 Å². The lowest BCUT2D eigenvalue weighted by Crippen LogP contribution is -2.32. The quantitative estimate of drug-likeness (QED) is 0.825. The number of benzene rings is 1. The SMILES string of the molecule is C[C@@H](NS(=O)(=O)CCC(F)(F)F)c1ccccc1C(F)(F)F. The molecule has 0 aliphatic rings. The zero-order valence-electron chi connectivity index (χ0n) is 11.3. The van der Waals surface area contributed by atoms with Crippen LogP contribution in [0.25, 0.3) is 0 Å². The third-order valence-corrected chi connectivity index (χ3v) is 4.20. The second-order valence-electron chi connectivity index (χ2n) is 4.61. The molecule has 0 heterocycles. The molecule has 0 unspecified atom stereocenters. The molecular weight excluding hydrogens is 336 g/mol. The molecule has 0 radical (unpaired) electrons. The number of alkyl halides is 6. The lowest BCUT2D eigenvalue weighted by atomic mass is 10.0. The van der Waals surface area contributed by atoms with Gasteiger partial charge < -0.3 is 0 Å². The summed E-state index contributed by atoms with van der Waals surface area (Å²) < 4.78 is 99.4. The Morgan fingerprint density at radius 1 is 1.09 bits per heavy atom. The number of halogens is 6. The summed E-state index contributed by atoms with van der Waals surface area (Å²) in [5.41, 5.74) is -1.40. The summed E-state index contributed by atoms with van der Waals surface area (Å²) in [5, 5.41) is 0. The van der Waals surface area contributed by atoms with Crippen molar-refractivity contribution in [1.82, 2.24) is 4.72 Å². The molecule has 0 saturated heterocycles. The molecule has 0 aliphatic heterocycles. The van der Waals surface area contributed by atoms with Gasteiger partial charge in [0.25, 0.3) is 0 Å². The minimum Gasteiger partial charge on any atom is -0.212 e. The summed E-state index contributed by atoms with van der Waals surface area (Å²) in [7, 11) is -4.36. The van der Waals surface area contributed by atoms with Crippen molar-refractivity contribution in [2.45, 2.75) is 31.7 Å². The van der Waals surface area contributed by atoms with E-state index >= 15 is 0 Å². The van der Waals surface area contributed by atoms with Gasteiger partial charge in [0, 0.05) is 6.04 Å². The molecule has 1 aromatic carbocycles. The van der Waals surface area contributed by atoms with Crippen LogP contribution in [-0.2, 0) is 16.2 Å². The molecule has 1 rings (SSSR count). The van der Waals surface area contributed by atoms with Gasteiger partial charge in [-0.15, -0.1) is 0 Å². The van der Waals surface area contributed by atoms with Crippen LogP contribution in [0.5, 0.6) is 0 Å². The molecule has 1 N–H and O–H groups in total. The molecule has 0 aromatic heterocycles. The normalized spacial score (nSPS) is 14.9. The molecule has 22 heavy (non-hydrogen) atoms. The van der Waals surface area contributed by atoms with Crippen molar-refractivity contribution in [3.8, 4) is 0 Å². The van der Waals surface area contributed by atoms with Gasteiger partial charge in [-0.05, 0) is 18.6 Å². The van der Waals surface area contributed by atoms with Crippen molar-refractivity contribution >= 4 is 10.0 Å². The maximum Gasteiger partial charge on any atom is 0.416 e. The maximum absolute atomic E-state index is 12.8. The first-order valence-corrected chi connectivity index (χ1v) is 7.70. The van der Waals surface area contributed by atoms with Gasteiger partial charge in [-0.25, -0.2) is 13.1 Å². The molecule has 1 atom stereocenters. The largest absolute Gasteiger partial charge is 0.416 e. The van der Waals surface area contributed by atoms with Crippen LogP contribution in [0.4, 0.5) is 26.3 Å². The minimum absolute atomic E-state index is 0.356. The summed E-state index contributed by atoms with van der Waals surface area (Å²) >= 11 is 0. The van der Waals surface area contributed by atoms with Gasteiger partial charge in [0.2, 0.25) is 10.0 Å². The Balaban J connectivity index is 2.92. The van der Waals surface area contributed by atoms with Crippen LogP contribution in [0.1, 0.15) is 30.5 Å². The number of hydrogen-bond donors (Lipinski definition) is 1. The van der Waals surface area contributed by atoms with E-state index in [1.807, 2.05) is 4.72 Å². The van der Waals surface area contributed by atoms with E-state index in [1.165, 1.54) is 6.07 Å². The molecular formula is C12H13F6NO2S. The Labute approximate surface area is 123 Å². The van der Waals surface area contributed by atoms with Gasteiger partial charge in [-0.1, -0.05) is 18.2 Å². The zero-order chi connectivity index (χ0) is 17.2. The number of rotatable bonds is 5. The summed E-state index contributed by atoms with van der Waals surface area (Å²) in [6, 6.07) is 2.95. The van der Waals surface area contributed by atoms with E-state index in [9.17, 15) is 34.8 Å². The fraction of sp³-hybridized carbons (Fsp3) is 0.500. The molecule has 3 nitrogen and oxygen atoms in total. The third kappa shape index (κ3) is 5.84. The van der Waals surface area contributed by atoms with E-state index < -0.39 is 46.2 Å². The van der Waals surface area contributed by atoms with Crippen LogP contribution in [0, 0.1) is 0 Å². The topological polar surface area (TPSA) is 46.2 Å². The van der Waals surface area contributed by atoms with Crippen LogP contribution < -0.4 is 4.72 Å². The monoisotopic (exact) mass is 349 g/mol. The average Bonchev–Trinajstić information content (AvgIpc) is 2.34. The average molecular weight is 349 g/mol. The van der Waals surface area contributed by atoms with Gasteiger partial charge in [-0.2, -0.15) is 26.3 Å². The van der Waals surface area contributed by atoms with E-state index in [1.54, 1.807) is 0 Å². The lowest BCUT2D eigenvalue weighted by Gasteiger charge is -2.19. The fourth-order valence-electron chi connectivity index (χ4n) is 1.77. The Morgan fingerprint density at radius 3 is 2.14 bits per heavy atom. The smallest absolute Gasteiger partial charge is 0.212 e. The van der Waals surface area contributed by atoms with Crippen molar-refractivity contribution in [1.29, 1.82) is 0 Å². The molecule has 0 bridgehead atoms. The summed E-state index contributed by atoms with van der Waals surface area (Å²) in [4.78, 5) is 0. The van der Waals surface area contributed by atoms with Crippen LogP contribution in [-0.4, -0.2) is 20.3 Å². The van der Waals surface area contributed by atoms with E-state index in [-0.39, 0.29) is 5.56 Å². The second kappa shape index (κ2) is 6.45. The standard InChI is InChI=1S/C12H13F6NO2S/c1-8(19-22(20,21)7-6-11(13,14)15)9-4-2-3-5-10(9)12(16,17)18/h2-5,8,19H,6-7H2,1H3/t8-/m1/s1. The number of sulfonamides is 1. The first-order valence-electron chi connectivity index (χ1n) is 6.05. The highest BCUT2D eigenvalue weighted by molar-refractivity contribution is 7.89. The van der Waals surface area contributed by atoms with Gasteiger partial charge in [0.1, 0.15) is 0 Å². The van der Waals surface area contributed by atoms with Crippen molar-refractivity contribution in [3.05, 3.63) is 35.4 Å². The van der Waals surface area contributed by atoms with E-state index in [0.29, 0.717) is 0 Å². The highest BCUT2D eigenvalue weighted by Gasteiger charge is 2.35. The zero-order valence-corrected chi connectivity index (χ0v) is 12.1. The molecule has 0 saturated carbocycles. The van der Waals surface area contributed by atoms with Gasteiger partial charge in [0.15, 0.2) is 0 Å². The molecule has 10 heteroatoms. The van der Waals surface area contributed by atoms with Gasteiger partial charge in [-0.3, -0.25) is 0 Å². The Bertz CT molecular complexity index is 609. The van der Waals surface area contributed by atoms with Crippen molar-refractivity contribution in [2.75, 3.05) is 5.75 Å². The minimum atomic E-state index is -4.69. The molecule has 0 spiro atoms. The summed E-state index contributed by atoms with van der Waals surface area (Å²) in [5.74, 6) is -1.24. The van der Waals surface area contributed by atoms with E-state index in [0.717, 1.165) is 25.1 Å². The van der Waals surface area contributed by atoms with Crippen molar-refractivity contribution in [2.24, 2.45) is 0 Å². The highest BCUT2D eigenvalue weighted by Crippen LogP contribution is 2.34. The predicted octanol–water partition coefficient (Wildman–Crippen LogP) is 3.64. The first-order chi connectivity index (χ1) is 9.82. The first kappa shape index (κ1) is 18.8. The van der Waals surface area contributed by atoms with Crippen LogP contribution >= 0.6 is 0 Å². The lowest BCUT2D eigenvalue weighted by molar-refractivity contribution is -0.138. The number of nitrogens with one attached hydrogen (secondary N) is 1. The molecule has 0 fully saturated rings. The second-order valence-corrected chi connectivity index (χ2v) is 6.48. The third-order valence-electron chi connectivity index (χ3n) is 2.74. The summed E-state index contributed by atoms with van der Waals surface area (Å²) in [6.45, 7) is 1.13. The van der Waals surface area contributed by atoms with Gasteiger partial charge in [0.05, 0.1) is 17.7 Å². The van der Waals surface area contributed by atoms with E-state index in [4.69, 9.17) is 0 Å². The van der Waals surface area contributed by atoms with Gasteiger partial charge >= 0.3 is 12.4 Å². The maximum atomic E-state index is 12.8. The Kier molecular flexibility index (Phi) is 5.50. The number of hydrogen-bond acceptors (Lipinski definition) is 2. The predicted molar refractivity (Wildman–Crippen MR) is 67.5 cm³/mol. The molecule has 0 amide bonds. The Morgan fingerprint density at radius 2 is 1.64 bits per heavy atom. The molecule has 126 valence electrons. The van der Waals surface area contributed by atoms with Crippen LogP contribution in [0.2, 0.25) is 0 Å². The Hall–Kier alpha value is -1.29. The van der Waals surface area contributed by atoms with E-state index in [2.05, 4.69) is 0 Å². The van der Waals surface area contributed by atoms with Crippen molar-refractivity contribution < 1.29 is 34.8 Å². The highest BCUT2D eigenvalue weighted by atomic mass is 32.2. The molecule has 1 aromatic rings.